The Morgan fingerprint density at radius 1 is 1.35 bits per heavy atom. The Bertz CT molecular complexity index is 616. The molecule has 1 amide bonds. The van der Waals surface area contributed by atoms with Crippen LogP contribution >= 0.6 is 34.2 Å². The lowest BCUT2D eigenvalue weighted by Crippen LogP contribution is -2.13. The predicted molar refractivity (Wildman–Crippen MR) is 90.5 cm³/mol. The maximum Gasteiger partial charge on any atom is 0.257 e. The van der Waals surface area contributed by atoms with E-state index in [0.717, 1.165) is 15.8 Å². The highest BCUT2D eigenvalue weighted by atomic mass is 127. The van der Waals surface area contributed by atoms with Crippen LogP contribution in [0.2, 0.25) is 5.02 Å². The molecule has 2 N–H and O–H groups in total. The molecule has 0 aliphatic rings. The van der Waals surface area contributed by atoms with Crippen LogP contribution in [0.3, 0.4) is 0 Å². The number of anilines is 2. The fraction of sp³-hybridized carbons (Fsp3) is 0.143. The van der Waals surface area contributed by atoms with Crippen molar-refractivity contribution in [1.82, 2.24) is 4.98 Å². The molecule has 1 aromatic carbocycles. The lowest BCUT2D eigenvalue weighted by atomic mass is 10.2. The summed E-state index contributed by atoms with van der Waals surface area (Å²) >= 11 is 8.24. The largest absolute Gasteiger partial charge is 0.370 e. The van der Waals surface area contributed by atoms with Gasteiger partial charge in [-0.25, -0.2) is 4.98 Å². The SMILES string of the molecule is CCNc1cc(C(=O)Nc2ccc(I)cc2)c(Cl)cn1. The molecule has 20 heavy (non-hydrogen) atoms. The number of hydrogen-bond donors (Lipinski definition) is 2. The minimum Gasteiger partial charge on any atom is -0.370 e. The van der Waals surface area contributed by atoms with E-state index >= 15 is 0 Å². The van der Waals surface area contributed by atoms with E-state index in [1.807, 2.05) is 31.2 Å². The molecule has 1 aromatic heterocycles. The van der Waals surface area contributed by atoms with E-state index in [1.165, 1.54) is 6.20 Å². The Hall–Kier alpha value is -1.34. The second-order valence-corrected chi connectivity index (χ2v) is 5.69. The van der Waals surface area contributed by atoms with Crippen LogP contribution < -0.4 is 10.6 Å². The number of carbonyl (C=O) groups excluding carboxylic acids is 1. The summed E-state index contributed by atoms with van der Waals surface area (Å²) in [4.78, 5) is 16.3. The molecule has 0 saturated heterocycles. The fourth-order valence-electron chi connectivity index (χ4n) is 1.62. The molecule has 6 heteroatoms. The summed E-state index contributed by atoms with van der Waals surface area (Å²) in [5.74, 6) is 0.377. The first kappa shape index (κ1) is 15.1. The molecule has 1 heterocycles. The number of hydrogen-bond acceptors (Lipinski definition) is 3. The first-order valence-corrected chi connectivity index (χ1v) is 7.52. The van der Waals surface area contributed by atoms with Crippen LogP contribution in [0, 0.1) is 3.57 Å². The summed E-state index contributed by atoms with van der Waals surface area (Å²) < 4.78 is 1.11. The van der Waals surface area contributed by atoms with Crippen LogP contribution in [0.1, 0.15) is 17.3 Å². The number of rotatable bonds is 4. The molecule has 104 valence electrons. The van der Waals surface area contributed by atoms with Crippen molar-refractivity contribution >= 4 is 51.6 Å². The van der Waals surface area contributed by atoms with Gasteiger partial charge >= 0.3 is 0 Å². The maximum absolute atomic E-state index is 12.2. The van der Waals surface area contributed by atoms with Crippen molar-refractivity contribution in [2.45, 2.75) is 6.92 Å². The summed E-state index contributed by atoms with van der Waals surface area (Å²) in [6.07, 6.45) is 1.47. The van der Waals surface area contributed by atoms with Crippen LogP contribution in [0.15, 0.2) is 36.5 Å². The normalized spacial score (nSPS) is 10.2. The lowest BCUT2D eigenvalue weighted by Gasteiger charge is -2.09. The van der Waals surface area contributed by atoms with E-state index in [2.05, 4.69) is 38.2 Å². The summed E-state index contributed by atoms with van der Waals surface area (Å²) in [5, 5.41) is 6.19. The van der Waals surface area contributed by atoms with E-state index < -0.39 is 0 Å². The Balaban J connectivity index is 2.19. The standard InChI is InChI=1S/C14H13ClIN3O/c1-2-17-13-7-11(12(15)8-18-13)14(20)19-10-5-3-9(16)4-6-10/h3-8H,2H2,1H3,(H,17,18)(H,19,20). The second-order valence-electron chi connectivity index (χ2n) is 4.04. The summed E-state index contributed by atoms with van der Waals surface area (Å²) in [6, 6.07) is 9.19. The van der Waals surface area contributed by atoms with Crippen LogP contribution in [0.25, 0.3) is 0 Å². The number of nitrogens with one attached hydrogen (secondary N) is 2. The molecule has 0 radical (unpaired) electrons. The van der Waals surface area contributed by atoms with Gasteiger partial charge in [-0.1, -0.05) is 11.6 Å². The quantitative estimate of drug-likeness (QED) is 0.761. The molecule has 2 rings (SSSR count). The number of nitrogens with zero attached hydrogens (tertiary/aromatic N) is 1. The van der Waals surface area contributed by atoms with Gasteiger partial charge in [0.05, 0.1) is 10.6 Å². The summed E-state index contributed by atoms with van der Waals surface area (Å²) in [5.41, 5.74) is 1.13. The van der Waals surface area contributed by atoms with Gasteiger partial charge in [0.15, 0.2) is 0 Å². The van der Waals surface area contributed by atoms with Crippen LogP contribution in [-0.4, -0.2) is 17.4 Å². The van der Waals surface area contributed by atoms with Crippen molar-refractivity contribution < 1.29 is 4.79 Å². The highest BCUT2D eigenvalue weighted by Gasteiger charge is 2.12. The van der Waals surface area contributed by atoms with E-state index in [1.54, 1.807) is 6.07 Å². The Labute approximate surface area is 136 Å². The van der Waals surface area contributed by atoms with Crippen molar-refractivity contribution in [2.24, 2.45) is 0 Å². The molecule has 0 saturated carbocycles. The molecule has 0 aliphatic heterocycles. The summed E-state index contributed by atoms with van der Waals surface area (Å²) in [7, 11) is 0. The van der Waals surface area contributed by atoms with Gasteiger partial charge in [0, 0.05) is 22.0 Å². The third kappa shape index (κ3) is 3.83. The minimum atomic E-state index is -0.252. The fourth-order valence-corrected chi connectivity index (χ4v) is 2.17. The maximum atomic E-state index is 12.2. The molecule has 0 fully saturated rings. The Morgan fingerprint density at radius 2 is 2.05 bits per heavy atom. The molecule has 0 atom stereocenters. The van der Waals surface area contributed by atoms with Crippen molar-refractivity contribution in [3.8, 4) is 0 Å². The molecule has 2 aromatic rings. The molecular formula is C14H13ClIN3O. The Kier molecular flexibility index (Phi) is 5.19. The third-order valence-electron chi connectivity index (χ3n) is 2.56. The van der Waals surface area contributed by atoms with Gasteiger partial charge < -0.3 is 10.6 Å². The van der Waals surface area contributed by atoms with Gasteiger partial charge in [0.1, 0.15) is 5.82 Å². The molecule has 4 nitrogen and oxygen atoms in total. The zero-order valence-electron chi connectivity index (χ0n) is 10.8. The van der Waals surface area contributed by atoms with Gasteiger partial charge in [0.25, 0.3) is 5.91 Å². The van der Waals surface area contributed by atoms with Gasteiger partial charge in [-0.05, 0) is 59.8 Å². The number of pyridine rings is 1. The predicted octanol–water partition coefficient (Wildman–Crippen LogP) is 4.02. The van der Waals surface area contributed by atoms with Crippen molar-refractivity contribution in [3.63, 3.8) is 0 Å². The van der Waals surface area contributed by atoms with Gasteiger partial charge in [-0.3, -0.25) is 4.79 Å². The zero-order valence-corrected chi connectivity index (χ0v) is 13.7. The number of amides is 1. The second kappa shape index (κ2) is 6.90. The number of halogens is 2. The minimum absolute atomic E-state index is 0.252. The van der Waals surface area contributed by atoms with Gasteiger partial charge in [-0.2, -0.15) is 0 Å². The van der Waals surface area contributed by atoms with Gasteiger partial charge in [-0.15, -0.1) is 0 Å². The summed E-state index contributed by atoms with van der Waals surface area (Å²) in [6.45, 7) is 2.69. The van der Waals surface area contributed by atoms with Crippen LogP contribution in [-0.2, 0) is 0 Å². The number of benzene rings is 1. The zero-order chi connectivity index (χ0) is 14.5. The van der Waals surface area contributed by atoms with E-state index in [9.17, 15) is 4.79 Å². The highest BCUT2D eigenvalue weighted by Crippen LogP contribution is 2.20. The molecule has 0 unspecified atom stereocenters. The average molecular weight is 402 g/mol. The number of carbonyl (C=O) groups is 1. The monoisotopic (exact) mass is 401 g/mol. The van der Waals surface area contributed by atoms with E-state index in [4.69, 9.17) is 11.6 Å². The van der Waals surface area contributed by atoms with Crippen molar-refractivity contribution in [3.05, 3.63) is 50.7 Å². The topological polar surface area (TPSA) is 54.0 Å². The third-order valence-corrected chi connectivity index (χ3v) is 3.58. The first-order valence-electron chi connectivity index (χ1n) is 6.06. The Morgan fingerprint density at radius 3 is 2.70 bits per heavy atom. The number of aromatic nitrogens is 1. The van der Waals surface area contributed by atoms with E-state index in [-0.39, 0.29) is 5.91 Å². The van der Waals surface area contributed by atoms with Crippen molar-refractivity contribution in [2.75, 3.05) is 17.2 Å². The van der Waals surface area contributed by atoms with Crippen LogP contribution in [0.5, 0.6) is 0 Å². The first-order chi connectivity index (χ1) is 9.60. The lowest BCUT2D eigenvalue weighted by molar-refractivity contribution is 0.102. The van der Waals surface area contributed by atoms with Gasteiger partial charge in [0.2, 0.25) is 0 Å². The molecular weight excluding hydrogens is 389 g/mol. The average Bonchev–Trinajstić information content (AvgIpc) is 2.43. The van der Waals surface area contributed by atoms with E-state index in [0.29, 0.717) is 16.4 Å². The van der Waals surface area contributed by atoms with Crippen molar-refractivity contribution in [1.29, 1.82) is 0 Å². The molecule has 0 aliphatic carbocycles. The smallest absolute Gasteiger partial charge is 0.257 e. The molecule has 0 spiro atoms. The van der Waals surface area contributed by atoms with Crippen LogP contribution in [0.4, 0.5) is 11.5 Å². The molecule has 0 bridgehead atoms. The highest BCUT2D eigenvalue weighted by molar-refractivity contribution is 14.1.